The highest BCUT2D eigenvalue weighted by Gasteiger charge is 2.52. The van der Waals surface area contributed by atoms with Crippen molar-refractivity contribution in [3.8, 4) is 12.3 Å². The van der Waals surface area contributed by atoms with Crippen LogP contribution in [0.3, 0.4) is 0 Å². The van der Waals surface area contributed by atoms with Crippen LogP contribution in [0.15, 0.2) is 16.9 Å². The van der Waals surface area contributed by atoms with Crippen molar-refractivity contribution >= 4 is 11.8 Å². The number of hydrogen-bond donors (Lipinski definition) is 0. The summed E-state index contributed by atoms with van der Waals surface area (Å²) < 4.78 is 7.53. The zero-order chi connectivity index (χ0) is 22.0. The molecule has 1 spiro atoms. The van der Waals surface area contributed by atoms with Crippen molar-refractivity contribution in [1.29, 1.82) is 0 Å². The minimum absolute atomic E-state index is 0.0501. The fourth-order valence-corrected chi connectivity index (χ4v) is 4.85. The quantitative estimate of drug-likeness (QED) is 0.536. The lowest BCUT2D eigenvalue weighted by Gasteiger charge is -2.41. The molecule has 0 saturated carbocycles. The molecule has 0 aromatic carbocycles. The van der Waals surface area contributed by atoms with Crippen molar-refractivity contribution < 1.29 is 14.0 Å². The molecular weight excluding hydrogens is 396 g/mol. The summed E-state index contributed by atoms with van der Waals surface area (Å²) in [6.07, 6.45) is 11.9. The van der Waals surface area contributed by atoms with Crippen LogP contribution in [-0.4, -0.2) is 67.5 Å². The highest BCUT2D eigenvalue weighted by molar-refractivity contribution is 5.92. The molecule has 9 nitrogen and oxygen atoms in total. The summed E-state index contributed by atoms with van der Waals surface area (Å²) in [5.74, 6) is 3.72. The van der Waals surface area contributed by atoms with E-state index >= 15 is 0 Å². The van der Waals surface area contributed by atoms with E-state index in [0.29, 0.717) is 62.9 Å². The number of aryl methyl sites for hydroxylation is 2. The van der Waals surface area contributed by atoms with Crippen molar-refractivity contribution in [2.24, 2.45) is 12.5 Å². The van der Waals surface area contributed by atoms with Crippen LogP contribution in [0.2, 0.25) is 0 Å². The van der Waals surface area contributed by atoms with Gasteiger partial charge in [-0.05, 0) is 19.3 Å². The Balaban J connectivity index is 1.52. The first-order valence-electron chi connectivity index (χ1n) is 10.7. The Morgan fingerprint density at radius 2 is 2.06 bits per heavy atom. The second kappa shape index (κ2) is 8.53. The molecule has 2 fully saturated rings. The van der Waals surface area contributed by atoms with Gasteiger partial charge in [-0.15, -0.1) is 22.5 Å². The summed E-state index contributed by atoms with van der Waals surface area (Å²) in [6.45, 7) is 4.21. The standard InChI is InChI=1S/C22H28N6O3/c1-4-5-6-7-19(29)27-10-8-22(9-11-27)14-28(21(30)18-12-23-15-26(18)3)13-17(22)20-25-24-16(2)31-20/h1,12,15,17H,5-11,13-14H2,2-3H3. The Bertz CT molecular complexity index is 995. The number of unbranched alkanes of at least 4 members (excludes halogenated alkanes) is 1. The van der Waals surface area contributed by atoms with Crippen molar-refractivity contribution in [2.45, 2.75) is 44.9 Å². The SMILES string of the molecule is C#CCCCC(=O)N1CCC2(CC1)CN(C(=O)c1cncn1C)CC2c1nnc(C)o1. The molecule has 4 rings (SSSR count). The van der Waals surface area contributed by atoms with E-state index in [0.717, 1.165) is 12.8 Å². The van der Waals surface area contributed by atoms with Gasteiger partial charge in [0.25, 0.3) is 5.91 Å². The lowest BCUT2D eigenvalue weighted by atomic mass is 9.70. The molecule has 1 unspecified atom stereocenters. The number of imidazole rings is 1. The van der Waals surface area contributed by atoms with Gasteiger partial charge in [0.05, 0.1) is 18.4 Å². The molecule has 2 aliphatic rings. The van der Waals surface area contributed by atoms with Crippen LogP contribution in [0.4, 0.5) is 0 Å². The third-order valence-electron chi connectivity index (χ3n) is 6.63. The van der Waals surface area contributed by atoms with Crippen LogP contribution in [0.5, 0.6) is 0 Å². The molecule has 164 valence electrons. The molecule has 2 aliphatic heterocycles. The minimum Gasteiger partial charge on any atom is -0.425 e. The maximum atomic E-state index is 13.2. The summed E-state index contributed by atoms with van der Waals surface area (Å²) in [4.78, 5) is 33.6. The van der Waals surface area contributed by atoms with E-state index < -0.39 is 0 Å². The normalized spacial score (nSPS) is 20.2. The summed E-state index contributed by atoms with van der Waals surface area (Å²) >= 11 is 0. The molecule has 0 aliphatic carbocycles. The second-order valence-corrected chi connectivity index (χ2v) is 8.59. The first kappa shape index (κ1) is 21.1. The van der Waals surface area contributed by atoms with Gasteiger partial charge in [0.2, 0.25) is 17.7 Å². The summed E-state index contributed by atoms with van der Waals surface area (Å²) in [5, 5.41) is 8.30. The average molecular weight is 425 g/mol. The highest BCUT2D eigenvalue weighted by Crippen LogP contribution is 2.49. The summed E-state index contributed by atoms with van der Waals surface area (Å²) in [6, 6.07) is 0. The minimum atomic E-state index is -0.192. The zero-order valence-electron chi connectivity index (χ0n) is 18.1. The number of likely N-dealkylation sites (tertiary alicyclic amines) is 2. The number of carbonyl (C=O) groups is 2. The van der Waals surface area contributed by atoms with E-state index in [1.54, 1.807) is 24.0 Å². The van der Waals surface area contributed by atoms with E-state index in [-0.39, 0.29) is 23.1 Å². The molecule has 1 atom stereocenters. The van der Waals surface area contributed by atoms with Gasteiger partial charge < -0.3 is 18.8 Å². The van der Waals surface area contributed by atoms with Gasteiger partial charge in [0, 0.05) is 58.4 Å². The van der Waals surface area contributed by atoms with Crippen molar-refractivity contribution in [2.75, 3.05) is 26.2 Å². The Morgan fingerprint density at radius 1 is 1.29 bits per heavy atom. The fraction of sp³-hybridized carbons (Fsp3) is 0.591. The van der Waals surface area contributed by atoms with Crippen molar-refractivity contribution in [3.63, 3.8) is 0 Å². The van der Waals surface area contributed by atoms with Crippen LogP contribution >= 0.6 is 0 Å². The van der Waals surface area contributed by atoms with Gasteiger partial charge in [0.15, 0.2) is 0 Å². The van der Waals surface area contributed by atoms with Gasteiger partial charge in [-0.25, -0.2) is 4.98 Å². The van der Waals surface area contributed by atoms with E-state index in [1.807, 2.05) is 16.8 Å². The number of rotatable bonds is 5. The lowest BCUT2D eigenvalue weighted by molar-refractivity contribution is -0.133. The largest absolute Gasteiger partial charge is 0.425 e. The van der Waals surface area contributed by atoms with Gasteiger partial charge in [-0.2, -0.15) is 0 Å². The number of aromatic nitrogens is 4. The summed E-state index contributed by atoms with van der Waals surface area (Å²) in [7, 11) is 1.81. The maximum Gasteiger partial charge on any atom is 0.272 e. The average Bonchev–Trinajstić information content (AvgIpc) is 3.47. The third kappa shape index (κ3) is 4.07. The number of piperidine rings is 1. The predicted molar refractivity (Wildman–Crippen MR) is 112 cm³/mol. The van der Waals surface area contributed by atoms with Crippen LogP contribution < -0.4 is 0 Å². The number of terminal acetylenes is 1. The molecule has 0 bridgehead atoms. The first-order chi connectivity index (χ1) is 14.9. The number of carbonyl (C=O) groups excluding carboxylic acids is 2. The van der Waals surface area contributed by atoms with E-state index in [1.165, 1.54) is 0 Å². The molecule has 2 saturated heterocycles. The van der Waals surface area contributed by atoms with Crippen LogP contribution in [0.25, 0.3) is 0 Å². The second-order valence-electron chi connectivity index (χ2n) is 8.59. The van der Waals surface area contributed by atoms with E-state index in [9.17, 15) is 9.59 Å². The molecule has 0 N–H and O–H groups in total. The highest BCUT2D eigenvalue weighted by atomic mass is 16.4. The molecule has 4 heterocycles. The van der Waals surface area contributed by atoms with Gasteiger partial charge in [-0.3, -0.25) is 9.59 Å². The van der Waals surface area contributed by atoms with Gasteiger partial charge in [-0.1, -0.05) is 0 Å². The smallest absolute Gasteiger partial charge is 0.272 e. The third-order valence-corrected chi connectivity index (χ3v) is 6.63. The van der Waals surface area contributed by atoms with Crippen molar-refractivity contribution in [3.05, 3.63) is 30.0 Å². The first-order valence-corrected chi connectivity index (χ1v) is 10.7. The number of amides is 2. The molecule has 2 amide bonds. The van der Waals surface area contributed by atoms with Crippen molar-refractivity contribution in [1.82, 2.24) is 29.5 Å². The summed E-state index contributed by atoms with van der Waals surface area (Å²) in [5.41, 5.74) is 0.363. The monoisotopic (exact) mass is 424 g/mol. The van der Waals surface area contributed by atoms with Crippen LogP contribution in [-0.2, 0) is 11.8 Å². The van der Waals surface area contributed by atoms with E-state index in [4.69, 9.17) is 10.8 Å². The molecule has 2 aromatic rings. The number of hydrogen-bond acceptors (Lipinski definition) is 6. The van der Waals surface area contributed by atoms with Gasteiger partial charge >= 0.3 is 0 Å². The maximum absolute atomic E-state index is 13.2. The molecule has 31 heavy (non-hydrogen) atoms. The molecule has 9 heteroatoms. The lowest BCUT2D eigenvalue weighted by Crippen LogP contribution is -2.46. The van der Waals surface area contributed by atoms with Crippen LogP contribution in [0.1, 0.15) is 60.3 Å². The topological polar surface area (TPSA) is 97.4 Å². The van der Waals surface area contributed by atoms with Crippen LogP contribution in [0, 0.1) is 24.7 Å². The number of nitrogens with zero attached hydrogens (tertiary/aromatic N) is 6. The molecule has 2 aromatic heterocycles. The Labute approximate surface area is 181 Å². The Morgan fingerprint density at radius 3 is 2.68 bits per heavy atom. The Kier molecular flexibility index (Phi) is 5.81. The predicted octanol–water partition coefficient (Wildman–Crippen LogP) is 1.76. The van der Waals surface area contributed by atoms with E-state index in [2.05, 4.69) is 21.1 Å². The molecule has 0 radical (unpaired) electrons. The fourth-order valence-electron chi connectivity index (χ4n) is 4.85. The van der Waals surface area contributed by atoms with Gasteiger partial charge in [0.1, 0.15) is 5.69 Å². The molecular formula is C22H28N6O3. The Hall–Kier alpha value is -3.15. The zero-order valence-corrected chi connectivity index (χ0v) is 18.1.